The molecule has 1 saturated carbocycles. The maximum Gasteiger partial charge on any atom is 0.0285 e. The first kappa shape index (κ1) is 14.3. The summed E-state index contributed by atoms with van der Waals surface area (Å²) in [5.74, 6) is 1.30. The van der Waals surface area contributed by atoms with E-state index in [1.54, 1.807) is 0 Å². The Bertz CT molecular complexity index is 551. The Balaban J connectivity index is 1.70. The standard InChI is InChI=1S/C17H20BrNS/c18-15-10-16(20-11-15)9-14-8-13(6-7-17(14)19)12-4-2-1-3-5-12/h1-5,10-11,13-14,17H,6-9,19H2. The van der Waals surface area contributed by atoms with Crippen LogP contribution < -0.4 is 5.73 Å². The molecule has 3 rings (SSSR count). The lowest BCUT2D eigenvalue weighted by molar-refractivity contribution is 0.278. The third-order valence-electron chi connectivity index (χ3n) is 4.40. The number of thiophene rings is 1. The summed E-state index contributed by atoms with van der Waals surface area (Å²) >= 11 is 5.38. The van der Waals surface area contributed by atoms with Crippen LogP contribution in [0.15, 0.2) is 46.3 Å². The number of hydrogen-bond acceptors (Lipinski definition) is 2. The van der Waals surface area contributed by atoms with Crippen LogP contribution in [0.3, 0.4) is 0 Å². The van der Waals surface area contributed by atoms with E-state index in [2.05, 4.69) is 57.7 Å². The Morgan fingerprint density at radius 1 is 1.20 bits per heavy atom. The molecule has 2 aromatic rings. The summed E-state index contributed by atoms with van der Waals surface area (Å²) in [6, 6.07) is 13.5. The van der Waals surface area contributed by atoms with Crippen LogP contribution in [0, 0.1) is 5.92 Å². The molecule has 1 nitrogen and oxygen atoms in total. The first-order valence-corrected chi connectivity index (χ1v) is 8.93. The smallest absolute Gasteiger partial charge is 0.0285 e. The zero-order valence-electron chi connectivity index (χ0n) is 11.5. The predicted molar refractivity (Wildman–Crippen MR) is 90.2 cm³/mol. The van der Waals surface area contributed by atoms with Crippen LogP contribution in [0.5, 0.6) is 0 Å². The highest BCUT2D eigenvalue weighted by Gasteiger charge is 2.29. The third kappa shape index (κ3) is 3.33. The van der Waals surface area contributed by atoms with Gasteiger partial charge in [0.1, 0.15) is 0 Å². The van der Waals surface area contributed by atoms with Gasteiger partial charge in [-0.15, -0.1) is 11.3 Å². The van der Waals surface area contributed by atoms with Gasteiger partial charge in [0.05, 0.1) is 0 Å². The van der Waals surface area contributed by atoms with Crippen molar-refractivity contribution in [1.29, 1.82) is 0 Å². The van der Waals surface area contributed by atoms with Gasteiger partial charge in [0.15, 0.2) is 0 Å². The van der Waals surface area contributed by atoms with E-state index in [-0.39, 0.29) is 0 Å². The van der Waals surface area contributed by atoms with E-state index in [0.29, 0.717) is 17.9 Å². The van der Waals surface area contributed by atoms with Gasteiger partial charge in [0.25, 0.3) is 0 Å². The van der Waals surface area contributed by atoms with Crippen molar-refractivity contribution < 1.29 is 0 Å². The van der Waals surface area contributed by atoms with Crippen molar-refractivity contribution in [1.82, 2.24) is 0 Å². The summed E-state index contributed by atoms with van der Waals surface area (Å²) in [5.41, 5.74) is 7.85. The molecular formula is C17H20BrNS. The van der Waals surface area contributed by atoms with E-state index in [1.165, 1.54) is 27.8 Å². The molecule has 0 bridgehead atoms. The van der Waals surface area contributed by atoms with Crippen LogP contribution in [0.1, 0.15) is 35.6 Å². The minimum absolute atomic E-state index is 0.357. The first-order chi connectivity index (χ1) is 9.72. The van der Waals surface area contributed by atoms with Gasteiger partial charge in [-0.2, -0.15) is 0 Å². The Kier molecular flexibility index (Phi) is 4.59. The van der Waals surface area contributed by atoms with Crippen LogP contribution in [0.2, 0.25) is 0 Å². The fourth-order valence-electron chi connectivity index (χ4n) is 3.27. The normalized spacial score (nSPS) is 26.6. The zero-order valence-corrected chi connectivity index (χ0v) is 13.9. The topological polar surface area (TPSA) is 26.0 Å². The second-order valence-electron chi connectivity index (χ2n) is 5.78. The highest BCUT2D eigenvalue weighted by Crippen LogP contribution is 2.38. The van der Waals surface area contributed by atoms with Gasteiger partial charge >= 0.3 is 0 Å². The van der Waals surface area contributed by atoms with Crippen LogP contribution in [-0.2, 0) is 6.42 Å². The molecule has 1 aliphatic rings. The van der Waals surface area contributed by atoms with Gasteiger partial charge in [-0.25, -0.2) is 0 Å². The number of benzene rings is 1. The van der Waals surface area contributed by atoms with Gasteiger partial charge in [-0.3, -0.25) is 0 Å². The van der Waals surface area contributed by atoms with Crippen molar-refractivity contribution in [2.45, 2.75) is 37.6 Å². The van der Waals surface area contributed by atoms with Crippen LogP contribution in [-0.4, -0.2) is 6.04 Å². The van der Waals surface area contributed by atoms with E-state index in [0.717, 1.165) is 12.8 Å². The van der Waals surface area contributed by atoms with Crippen molar-refractivity contribution >= 4 is 27.3 Å². The van der Waals surface area contributed by atoms with Crippen LogP contribution in [0.4, 0.5) is 0 Å². The maximum atomic E-state index is 6.37. The van der Waals surface area contributed by atoms with Gasteiger partial charge < -0.3 is 5.73 Å². The van der Waals surface area contributed by atoms with Gasteiger partial charge in [-0.1, -0.05) is 30.3 Å². The van der Waals surface area contributed by atoms with E-state index in [1.807, 2.05) is 11.3 Å². The molecule has 1 aromatic heterocycles. The Morgan fingerprint density at radius 2 is 2.00 bits per heavy atom. The summed E-state index contributed by atoms with van der Waals surface area (Å²) in [6.45, 7) is 0. The maximum absolute atomic E-state index is 6.37. The van der Waals surface area contributed by atoms with Gasteiger partial charge in [0.2, 0.25) is 0 Å². The number of hydrogen-bond donors (Lipinski definition) is 1. The lowest BCUT2D eigenvalue weighted by Gasteiger charge is -2.34. The highest BCUT2D eigenvalue weighted by atomic mass is 79.9. The molecule has 3 atom stereocenters. The molecule has 20 heavy (non-hydrogen) atoms. The highest BCUT2D eigenvalue weighted by molar-refractivity contribution is 9.10. The average molecular weight is 350 g/mol. The van der Waals surface area contributed by atoms with Crippen molar-refractivity contribution in [2.75, 3.05) is 0 Å². The first-order valence-electron chi connectivity index (χ1n) is 7.26. The molecule has 1 fully saturated rings. The SMILES string of the molecule is NC1CCC(c2ccccc2)CC1Cc1cc(Br)cs1. The quantitative estimate of drug-likeness (QED) is 0.831. The predicted octanol–water partition coefficient (Wildman–Crippen LogP) is 4.96. The molecule has 106 valence electrons. The van der Waals surface area contributed by atoms with E-state index in [4.69, 9.17) is 5.73 Å². The molecular weight excluding hydrogens is 330 g/mol. The van der Waals surface area contributed by atoms with Gasteiger partial charge in [0, 0.05) is 20.8 Å². The molecule has 2 N–H and O–H groups in total. The summed E-state index contributed by atoms with van der Waals surface area (Å²) < 4.78 is 1.20. The fraction of sp³-hybridized carbons (Fsp3) is 0.412. The molecule has 0 spiro atoms. The summed E-state index contributed by atoms with van der Waals surface area (Å²) in [7, 11) is 0. The Morgan fingerprint density at radius 3 is 2.70 bits per heavy atom. The summed E-state index contributed by atoms with van der Waals surface area (Å²) in [6.07, 6.45) is 4.73. The molecule has 3 unspecified atom stereocenters. The largest absolute Gasteiger partial charge is 0.327 e. The average Bonchev–Trinajstić information content (AvgIpc) is 2.88. The van der Waals surface area contributed by atoms with Crippen molar-refractivity contribution in [3.8, 4) is 0 Å². The van der Waals surface area contributed by atoms with Crippen LogP contribution >= 0.6 is 27.3 Å². The van der Waals surface area contributed by atoms with E-state index < -0.39 is 0 Å². The minimum atomic E-state index is 0.357. The molecule has 3 heteroatoms. The van der Waals surface area contributed by atoms with Crippen molar-refractivity contribution in [3.05, 3.63) is 56.7 Å². The molecule has 1 heterocycles. The van der Waals surface area contributed by atoms with Crippen LogP contribution in [0.25, 0.3) is 0 Å². The molecule has 1 aromatic carbocycles. The molecule has 1 aliphatic carbocycles. The second kappa shape index (κ2) is 6.42. The molecule has 0 aliphatic heterocycles. The Labute approximate surface area is 133 Å². The molecule has 0 saturated heterocycles. The summed E-state index contributed by atoms with van der Waals surface area (Å²) in [4.78, 5) is 1.45. The monoisotopic (exact) mass is 349 g/mol. The van der Waals surface area contributed by atoms with E-state index in [9.17, 15) is 0 Å². The lowest BCUT2D eigenvalue weighted by Crippen LogP contribution is -2.36. The zero-order chi connectivity index (χ0) is 13.9. The Hall–Kier alpha value is -0.640. The second-order valence-corrected chi connectivity index (χ2v) is 7.69. The third-order valence-corrected chi connectivity index (χ3v) is 6.12. The fourth-order valence-corrected chi connectivity index (χ4v) is 4.81. The van der Waals surface area contributed by atoms with Crippen molar-refractivity contribution in [2.24, 2.45) is 11.7 Å². The number of halogens is 1. The lowest BCUT2D eigenvalue weighted by atomic mass is 9.74. The number of nitrogens with two attached hydrogens (primary N) is 1. The number of rotatable bonds is 3. The van der Waals surface area contributed by atoms with Gasteiger partial charge in [-0.05, 0) is 65.1 Å². The minimum Gasteiger partial charge on any atom is -0.327 e. The summed E-state index contributed by atoms with van der Waals surface area (Å²) in [5, 5.41) is 2.17. The van der Waals surface area contributed by atoms with E-state index >= 15 is 0 Å². The van der Waals surface area contributed by atoms with Crippen molar-refractivity contribution in [3.63, 3.8) is 0 Å². The molecule has 0 amide bonds. The molecule has 0 radical (unpaired) electrons.